The number of ether oxygens (including phenoxy) is 1. The van der Waals surface area contributed by atoms with Gasteiger partial charge in [0.1, 0.15) is 29.9 Å². The van der Waals surface area contributed by atoms with Gasteiger partial charge in [-0.25, -0.2) is 4.39 Å². The number of nitrogens with zero attached hydrogens (tertiary/aromatic N) is 1. The van der Waals surface area contributed by atoms with Crippen LogP contribution >= 0.6 is 0 Å². The number of carbonyl (C=O) groups is 2. The van der Waals surface area contributed by atoms with Crippen LogP contribution in [0.1, 0.15) is 106 Å². The predicted octanol–water partition coefficient (Wildman–Crippen LogP) is 4.59. The fourth-order valence-electron chi connectivity index (χ4n) is 7.26. The van der Waals surface area contributed by atoms with Crippen molar-refractivity contribution in [3.05, 3.63) is 95.3 Å². The predicted molar refractivity (Wildman–Crippen MR) is 216 cm³/mol. The molecule has 1 aliphatic rings. The molecule has 0 spiro atoms. The number of anilines is 1. The van der Waals surface area contributed by atoms with E-state index >= 15 is 0 Å². The smallest absolute Gasteiger partial charge is 0.233 e. The van der Waals surface area contributed by atoms with Crippen molar-refractivity contribution in [3.63, 3.8) is 0 Å². The molecule has 13 heteroatoms. The molecular weight excluding hydrogens is 733 g/mol. The lowest BCUT2D eigenvalue weighted by molar-refractivity contribution is -0.131. The first-order valence-electron chi connectivity index (χ1n) is 20.3. The summed E-state index contributed by atoms with van der Waals surface area (Å²) in [6.45, 7) is 0.638. The Morgan fingerprint density at radius 1 is 0.789 bits per heavy atom. The Balaban J connectivity index is 1.08. The van der Waals surface area contributed by atoms with Crippen LogP contribution in [-0.4, -0.2) is 93.7 Å². The third-order valence-corrected chi connectivity index (χ3v) is 10.8. The maximum atomic E-state index is 13.6. The van der Waals surface area contributed by atoms with Crippen molar-refractivity contribution in [1.29, 1.82) is 0 Å². The number of methoxy groups -OCH3 is 1. The summed E-state index contributed by atoms with van der Waals surface area (Å²) in [6.07, 6.45) is 3.47. The third-order valence-electron chi connectivity index (χ3n) is 10.8. The van der Waals surface area contributed by atoms with Crippen LogP contribution in [-0.2, 0) is 16.1 Å². The van der Waals surface area contributed by atoms with Crippen molar-refractivity contribution in [2.75, 3.05) is 31.7 Å². The highest BCUT2D eigenvalue weighted by Crippen LogP contribution is 2.46. The third kappa shape index (κ3) is 14.1. The second-order valence-electron chi connectivity index (χ2n) is 15.1. The van der Waals surface area contributed by atoms with Gasteiger partial charge in [0, 0.05) is 25.2 Å². The van der Waals surface area contributed by atoms with E-state index in [1.165, 1.54) is 25.0 Å². The van der Waals surface area contributed by atoms with Crippen LogP contribution in [0.25, 0.3) is 0 Å². The molecule has 7 atom stereocenters. The zero-order valence-electron chi connectivity index (χ0n) is 33.0. The molecule has 57 heavy (non-hydrogen) atoms. The molecule has 3 aromatic carbocycles. The van der Waals surface area contributed by atoms with Crippen LogP contribution in [0.4, 0.5) is 10.1 Å². The molecule has 1 fully saturated rings. The minimum atomic E-state index is -1.71. The molecule has 0 aromatic heterocycles. The summed E-state index contributed by atoms with van der Waals surface area (Å²) in [5.74, 6) is -0.154. The summed E-state index contributed by atoms with van der Waals surface area (Å²) in [5.41, 5.74) is 3.59. The molecule has 4 rings (SSSR count). The Hall–Kier alpha value is -3.95. The molecule has 314 valence electrons. The maximum absolute atomic E-state index is 13.6. The number of benzene rings is 3. The molecule has 1 aliphatic heterocycles. The summed E-state index contributed by atoms with van der Waals surface area (Å²) in [6, 6.07) is 21.5. The van der Waals surface area contributed by atoms with E-state index in [0.29, 0.717) is 24.8 Å². The van der Waals surface area contributed by atoms with Gasteiger partial charge in [-0.3, -0.25) is 9.59 Å². The van der Waals surface area contributed by atoms with E-state index in [-0.39, 0.29) is 36.1 Å². The zero-order valence-corrected chi connectivity index (χ0v) is 33.0. The fraction of sp³-hybridized carbons (Fsp3) is 0.545. The van der Waals surface area contributed by atoms with Gasteiger partial charge in [-0.05, 0) is 85.3 Å². The van der Waals surface area contributed by atoms with Crippen LogP contribution < -0.4 is 20.3 Å². The SMILES string of the molecule is COc1ccc([C@@H]2C(CC[C@H](O)c3ccc(F)cc3)C(=O)N2c2ccc(CNCCCCCCCCCCCC(=O)NC[C@H](O)[C@@H](O)C(O)[C@H](O)CO)cc2)cc1. The van der Waals surface area contributed by atoms with Crippen molar-refractivity contribution in [1.82, 2.24) is 10.6 Å². The Kier molecular flexibility index (Phi) is 19.3. The average Bonchev–Trinajstić information content (AvgIpc) is 3.23. The number of amides is 2. The van der Waals surface area contributed by atoms with E-state index in [0.717, 1.165) is 80.6 Å². The zero-order chi connectivity index (χ0) is 41.2. The van der Waals surface area contributed by atoms with Crippen LogP contribution in [0.15, 0.2) is 72.8 Å². The molecule has 0 aliphatic carbocycles. The number of β-lactam (4-membered cyclic amide) rings is 1. The Morgan fingerprint density at radius 3 is 2.00 bits per heavy atom. The minimum Gasteiger partial charge on any atom is -0.497 e. The summed E-state index contributed by atoms with van der Waals surface area (Å²) in [7, 11) is 1.62. The average molecular weight is 796 g/mol. The number of carbonyl (C=O) groups excluding carboxylic acids is 2. The van der Waals surface area contributed by atoms with Gasteiger partial charge in [0.05, 0.1) is 37.9 Å². The quantitative estimate of drug-likeness (QED) is 0.0400. The van der Waals surface area contributed by atoms with Gasteiger partial charge >= 0.3 is 0 Å². The van der Waals surface area contributed by atoms with Crippen LogP contribution in [0.2, 0.25) is 0 Å². The number of hydrogen-bond acceptors (Lipinski definition) is 10. The van der Waals surface area contributed by atoms with Gasteiger partial charge in [-0.1, -0.05) is 81.3 Å². The highest BCUT2D eigenvalue weighted by atomic mass is 19.1. The monoisotopic (exact) mass is 795 g/mol. The van der Waals surface area contributed by atoms with E-state index in [9.17, 15) is 39.5 Å². The second kappa shape index (κ2) is 24.1. The normalized spacial score (nSPS) is 18.0. The van der Waals surface area contributed by atoms with Gasteiger partial charge in [0.2, 0.25) is 11.8 Å². The molecule has 1 heterocycles. The number of hydrogen-bond donors (Lipinski definition) is 8. The first-order valence-corrected chi connectivity index (χ1v) is 20.3. The van der Waals surface area contributed by atoms with Crippen molar-refractivity contribution in [2.45, 2.75) is 120 Å². The summed E-state index contributed by atoms with van der Waals surface area (Å²) in [4.78, 5) is 27.4. The number of nitrogens with one attached hydrogen (secondary N) is 2. The first-order chi connectivity index (χ1) is 27.5. The van der Waals surface area contributed by atoms with E-state index < -0.39 is 37.1 Å². The molecule has 0 radical (unpaired) electrons. The maximum Gasteiger partial charge on any atom is 0.233 e. The number of halogens is 1. The fourth-order valence-corrected chi connectivity index (χ4v) is 7.26. The minimum absolute atomic E-state index is 0.0165. The topological polar surface area (TPSA) is 192 Å². The Labute approximate surface area is 335 Å². The van der Waals surface area contributed by atoms with Crippen molar-refractivity contribution >= 4 is 17.5 Å². The standard InChI is InChI=1S/C44H62FN3O9/c1-57-35-22-16-32(17-23-35)41-36(24-25-37(50)31-14-18-33(45)19-15-31)44(56)48(41)34-20-12-30(13-21-34)27-46-26-10-8-6-4-2-3-5-7-9-11-40(53)47-28-38(51)42(54)43(55)39(52)29-49/h12-23,36-39,41-43,46,49-52,54-55H,2-11,24-29H2,1H3,(H,47,53)/t36?,37-,38-,39+,41+,42+,43?/m0/s1. The molecule has 0 saturated carbocycles. The van der Waals surface area contributed by atoms with Crippen LogP contribution in [0, 0.1) is 11.7 Å². The van der Waals surface area contributed by atoms with Gasteiger partial charge in [-0.15, -0.1) is 0 Å². The molecule has 1 saturated heterocycles. The number of unbranched alkanes of at least 4 members (excludes halogenated alkanes) is 8. The van der Waals surface area contributed by atoms with Gasteiger partial charge in [-0.2, -0.15) is 0 Å². The lowest BCUT2D eigenvalue weighted by Crippen LogP contribution is -2.55. The van der Waals surface area contributed by atoms with E-state index in [2.05, 4.69) is 22.8 Å². The number of aliphatic hydroxyl groups is 6. The van der Waals surface area contributed by atoms with E-state index in [4.69, 9.17) is 9.84 Å². The van der Waals surface area contributed by atoms with Gasteiger partial charge in [0.25, 0.3) is 0 Å². The molecule has 2 amide bonds. The number of aliphatic hydroxyl groups excluding tert-OH is 6. The van der Waals surface area contributed by atoms with Crippen LogP contribution in [0.5, 0.6) is 5.75 Å². The van der Waals surface area contributed by atoms with Crippen molar-refractivity contribution in [2.24, 2.45) is 5.92 Å². The Bertz CT molecular complexity index is 1610. The van der Waals surface area contributed by atoms with E-state index in [1.54, 1.807) is 19.2 Å². The summed E-state index contributed by atoms with van der Waals surface area (Å²) >= 11 is 0. The first kappa shape index (κ1) is 45.7. The molecule has 0 bridgehead atoms. The highest BCUT2D eigenvalue weighted by Gasteiger charge is 2.48. The summed E-state index contributed by atoms with van der Waals surface area (Å²) < 4.78 is 18.7. The van der Waals surface area contributed by atoms with Gasteiger partial charge < -0.3 is 50.9 Å². The molecule has 2 unspecified atom stereocenters. The van der Waals surface area contributed by atoms with Crippen molar-refractivity contribution in [3.8, 4) is 5.75 Å². The lowest BCUT2D eigenvalue weighted by Gasteiger charge is -2.48. The van der Waals surface area contributed by atoms with Crippen molar-refractivity contribution < 1.29 is 49.4 Å². The second-order valence-corrected chi connectivity index (χ2v) is 15.1. The molecule has 3 aromatic rings. The molecule has 12 nitrogen and oxygen atoms in total. The lowest BCUT2D eigenvalue weighted by atomic mass is 9.78. The largest absolute Gasteiger partial charge is 0.497 e. The number of rotatable bonds is 27. The van der Waals surface area contributed by atoms with E-state index in [1.807, 2.05) is 41.3 Å². The van der Waals surface area contributed by atoms with Crippen LogP contribution in [0.3, 0.4) is 0 Å². The van der Waals surface area contributed by atoms with Gasteiger partial charge in [0.15, 0.2) is 0 Å². The Morgan fingerprint density at radius 2 is 1.39 bits per heavy atom. The summed E-state index contributed by atoms with van der Waals surface area (Å²) in [5, 5.41) is 64.4. The highest BCUT2D eigenvalue weighted by molar-refractivity contribution is 6.03. The molecule has 8 N–H and O–H groups in total. The molecular formula is C44H62FN3O9.